The van der Waals surface area contributed by atoms with Crippen molar-refractivity contribution in [2.45, 2.75) is 31.8 Å². The van der Waals surface area contributed by atoms with E-state index in [-0.39, 0.29) is 24.2 Å². The van der Waals surface area contributed by atoms with Gasteiger partial charge in [0, 0.05) is 19.7 Å². The van der Waals surface area contributed by atoms with Crippen molar-refractivity contribution in [1.82, 2.24) is 10.2 Å². The minimum Gasteiger partial charge on any atom is -0.478 e. The molecule has 0 heterocycles. The van der Waals surface area contributed by atoms with Crippen LogP contribution in [-0.4, -0.2) is 40.3 Å². The molecule has 3 N–H and O–H groups in total. The number of benzene rings is 2. The Labute approximate surface area is 158 Å². The summed E-state index contributed by atoms with van der Waals surface area (Å²) in [4.78, 5) is 25.6. The van der Waals surface area contributed by atoms with E-state index in [0.717, 1.165) is 18.4 Å². The fourth-order valence-corrected chi connectivity index (χ4v) is 3.54. The number of carbonyl (C=O) groups excluding carboxylic acids is 1. The summed E-state index contributed by atoms with van der Waals surface area (Å²) in [6.07, 6.45) is 2.35. The molecule has 2 amide bonds. The molecule has 142 valence electrons. The summed E-state index contributed by atoms with van der Waals surface area (Å²) in [6.45, 7) is 0.844. The lowest BCUT2D eigenvalue weighted by Gasteiger charge is -2.30. The van der Waals surface area contributed by atoms with Gasteiger partial charge in [0.05, 0.1) is 11.6 Å². The highest BCUT2D eigenvalue weighted by molar-refractivity contribution is 5.87. The number of hydrogen-bond donors (Lipinski definition) is 3. The average molecular weight is 368 g/mol. The molecule has 1 aliphatic rings. The van der Waals surface area contributed by atoms with E-state index in [1.54, 1.807) is 17.0 Å². The Bertz CT molecular complexity index is 804. The summed E-state index contributed by atoms with van der Waals surface area (Å²) < 4.78 is 0. The molecular weight excluding hydrogens is 344 g/mol. The lowest BCUT2D eigenvalue weighted by atomic mass is 10.1. The van der Waals surface area contributed by atoms with Crippen molar-refractivity contribution in [3.8, 4) is 0 Å². The smallest absolute Gasteiger partial charge is 0.335 e. The molecule has 6 nitrogen and oxygen atoms in total. The molecule has 0 fully saturated rings. The summed E-state index contributed by atoms with van der Waals surface area (Å²) in [5.74, 6) is -0.972. The molecule has 27 heavy (non-hydrogen) atoms. The number of urea groups is 1. The Morgan fingerprint density at radius 3 is 2.56 bits per heavy atom. The minimum absolute atomic E-state index is 0.0159. The molecule has 0 aromatic heterocycles. The van der Waals surface area contributed by atoms with Gasteiger partial charge in [-0.05, 0) is 48.1 Å². The van der Waals surface area contributed by atoms with Gasteiger partial charge in [0.25, 0.3) is 0 Å². The van der Waals surface area contributed by atoms with Crippen molar-refractivity contribution in [3.05, 3.63) is 70.8 Å². The largest absolute Gasteiger partial charge is 0.478 e. The molecule has 0 spiro atoms. The van der Waals surface area contributed by atoms with Gasteiger partial charge in [-0.15, -0.1) is 0 Å². The molecule has 1 unspecified atom stereocenters. The first kappa shape index (κ1) is 18.9. The maximum atomic E-state index is 12.8. The molecule has 0 radical (unpaired) electrons. The van der Waals surface area contributed by atoms with Crippen molar-refractivity contribution in [2.24, 2.45) is 0 Å². The van der Waals surface area contributed by atoms with E-state index in [1.807, 2.05) is 12.1 Å². The number of nitrogens with zero attached hydrogens (tertiary/aromatic N) is 1. The second kappa shape index (κ2) is 8.68. The SMILES string of the molecule is O=C(O)c1ccc(CNC(=O)N(CCCO)C2CCc3ccccc32)cc1. The topological polar surface area (TPSA) is 89.9 Å². The number of carboxylic acids is 1. The Hall–Kier alpha value is -2.86. The normalized spacial score (nSPS) is 15.2. The number of carboxylic acid groups (broad SMARTS) is 1. The third-order valence-electron chi connectivity index (χ3n) is 4.94. The van der Waals surface area contributed by atoms with Crippen LogP contribution in [0.1, 0.15) is 45.9 Å². The molecular formula is C21H24N2O4. The monoisotopic (exact) mass is 368 g/mol. The molecule has 0 saturated carbocycles. The van der Waals surface area contributed by atoms with Crippen LogP contribution in [0.3, 0.4) is 0 Å². The van der Waals surface area contributed by atoms with Gasteiger partial charge in [0.2, 0.25) is 0 Å². The maximum absolute atomic E-state index is 12.8. The van der Waals surface area contributed by atoms with E-state index in [1.165, 1.54) is 23.3 Å². The number of aromatic carboxylic acids is 1. The van der Waals surface area contributed by atoms with Crippen molar-refractivity contribution in [2.75, 3.05) is 13.2 Å². The van der Waals surface area contributed by atoms with Gasteiger partial charge in [-0.1, -0.05) is 36.4 Å². The number of fused-ring (bicyclic) bond motifs is 1. The fourth-order valence-electron chi connectivity index (χ4n) is 3.54. The van der Waals surface area contributed by atoms with Crippen LogP contribution in [0.15, 0.2) is 48.5 Å². The van der Waals surface area contributed by atoms with Crippen LogP contribution in [0.4, 0.5) is 4.79 Å². The summed E-state index contributed by atoms with van der Waals surface area (Å²) in [5.41, 5.74) is 3.50. The number of hydrogen-bond acceptors (Lipinski definition) is 3. The van der Waals surface area contributed by atoms with E-state index in [9.17, 15) is 14.7 Å². The molecule has 2 aromatic rings. The lowest BCUT2D eigenvalue weighted by Crippen LogP contribution is -2.42. The Morgan fingerprint density at radius 2 is 1.85 bits per heavy atom. The molecule has 1 atom stereocenters. The molecule has 0 saturated heterocycles. The van der Waals surface area contributed by atoms with Gasteiger partial charge in [0.15, 0.2) is 0 Å². The Balaban J connectivity index is 1.68. The Morgan fingerprint density at radius 1 is 1.11 bits per heavy atom. The van der Waals surface area contributed by atoms with Gasteiger partial charge >= 0.3 is 12.0 Å². The standard InChI is InChI=1S/C21H24N2O4/c24-13-3-12-23(19-11-10-16-4-1-2-5-18(16)19)21(27)22-14-15-6-8-17(9-7-15)20(25)26/h1-2,4-9,19,24H,3,10-14H2,(H,22,27)(H,25,26). The summed E-state index contributed by atoms with van der Waals surface area (Å²) >= 11 is 0. The van der Waals surface area contributed by atoms with Crippen LogP contribution in [0.5, 0.6) is 0 Å². The molecule has 3 rings (SSSR count). The van der Waals surface area contributed by atoms with Crippen LogP contribution in [-0.2, 0) is 13.0 Å². The van der Waals surface area contributed by atoms with Crippen LogP contribution in [0.25, 0.3) is 0 Å². The van der Waals surface area contributed by atoms with Crippen LogP contribution >= 0.6 is 0 Å². The molecule has 1 aliphatic carbocycles. The van der Waals surface area contributed by atoms with E-state index >= 15 is 0 Å². The second-order valence-corrected chi connectivity index (χ2v) is 6.68. The maximum Gasteiger partial charge on any atom is 0.335 e. The molecule has 6 heteroatoms. The quantitative estimate of drug-likeness (QED) is 0.701. The highest BCUT2D eigenvalue weighted by atomic mass is 16.4. The number of carbonyl (C=O) groups is 2. The van der Waals surface area contributed by atoms with E-state index < -0.39 is 5.97 Å². The van der Waals surface area contributed by atoms with E-state index in [2.05, 4.69) is 17.4 Å². The molecule has 2 aromatic carbocycles. The zero-order valence-electron chi connectivity index (χ0n) is 15.1. The zero-order valence-corrected chi connectivity index (χ0v) is 15.1. The predicted molar refractivity (Wildman–Crippen MR) is 102 cm³/mol. The second-order valence-electron chi connectivity index (χ2n) is 6.68. The number of nitrogens with one attached hydrogen (secondary N) is 1. The van der Waals surface area contributed by atoms with Crippen molar-refractivity contribution < 1.29 is 19.8 Å². The van der Waals surface area contributed by atoms with E-state index in [4.69, 9.17) is 5.11 Å². The first-order valence-electron chi connectivity index (χ1n) is 9.15. The highest BCUT2D eigenvalue weighted by Gasteiger charge is 2.30. The van der Waals surface area contributed by atoms with Gasteiger partial charge in [-0.25, -0.2) is 9.59 Å². The van der Waals surface area contributed by atoms with E-state index in [0.29, 0.717) is 19.5 Å². The first-order chi connectivity index (χ1) is 13.1. The average Bonchev–Trinajstić information content (AvgIpc) is 3.11. The molecule has 0 aliphatic heterocycles. The van der Waals surface area contributed by atoms with Gasteiger partial charge in [-0.2, -0.15) is 0 Å². The first-order valence-corrected chi connectivity index (χ1v) is 9.15. The number of amides is 2. The van der Waals surface area contributed by atoms with Crippen LogP contribution in [0, 0.1) is 0 Å². The molecule has 0 bridgehead atoms. The lowest BCUT2D eigenvalue weighted by molar-refractivity contribution is 0.0696. The zero-order chi connectivity index (χ0) is 19.2. The number of aryl methyl sites for hydroxylation is 1. The third kappa shape index (κ3) is 4.46. The van der Waals surface area contributed by atoms with Crippen molar-refractivity contribution >= 4 is 12.0 Å². The highest BCUT2D eigenvalue weighted by Crippen LogP contribution is 2.35. The van der Waals surface area contributed by atoms with Crippen LogP contribution < -0.4 is 5.32 Å². The Kier molecular flexibility index (Phi) is 6.08. The van der Waals surface area contributed by atoms with Gasteiger partial charge < -0.3 is 20.4 Å². The number of aliphatic hydroxyl groups is 1. The van der Waals surface area contributed by atoms with Gasteiger partial charge in [0.1, 0.15) is 0 Å². The van der Waals surface area contributed by atoms with Crippen molar-refractivity contribution in [1.29, 1.82) is 0 Å². The summed E-state index contributed by atoms with van der Waals surface area (Å²) in [6, 6.07) is 14.5. The van der Waals surface area contributed by atoms with Crippen LogP contribution in [0.2, 0.25) is 0 Å². The van der Waals surface area contributed by atoms with Crippen molar-refractivity contribution in [3.63, 3.8) is 0 Å². The summed E-state index contributed by atoms with van der Waals surface area (Å²) in [5, 5.41) is 21.1. The predicted octanol–water partition coefficient (Wildman–Crippen LogP) is 2.97. The van der Waals surface area contributed by atoms with Gasteiger partial charge in [-0.3, -0.25) is 0 Å². The third-order valence-corrected chi connectivity index (χ3v) is 4.94. The number of rotatable bonds is 7. The fraction of sp³-hybridized carbons (Fsp3) is 0.333. The number of aliphatic hydroxyl groups excluding tert-OH is 1. The minimum atomic E-state index is -0.972. The summed E-state index contributed by atoms with van der Waals surface area (Å²) in [7, 11) is 0.